The molecule has 0 aliphatic heterocycles. The van der Waals surface area contributed by atoms with Crippen molar-refractivity contribution >= 4 is 11.6 Å². The van der Waals surface area contributed by atoms with Gasteiger partial charge in [0.2, 0.25) is 0 Å². The first-order valence-electron chi connectivity index (χ1n) is 3.41. The molecule has 0 saturated heterocycles. The quantitative estimate of drug-likeness (QED) is 0.772. The molecule has 1 aromatic rings. The fourth-order valence-electron chi connectivity index (χ4n) is 0.919. The Hall–Kier alpha value is -0.800. The van der Waals surface area contributed by atoms with Crippen molar-refractivity contribution in [3.8, 4) is 5.75 Å². The van der Waals surface area contributed by atoms with Crippen molar-refractivity contribution in [1.82, 2.24) is 0 Å². The molecule has 4 heteroatoms. The van der Waals surface area contributed by atoms with Crippen LogP contribution in [-0.4, -0.2) is 7.11 Å². The first kappa shape index (κ1) is 9.29. The van der Waals surface area contributed by atoms with E-state index in [1.54, 1.807) is 0 Å². The van der Waals surface area contributed by atoms with Crippen LogP contribution in [0.5, 0.6) is 5.75 Å². The van der Waals surface area contributed by atoms with Gasteiger partial charge >= 0.3 is 0 Å². The van der Waals surface area contributed by atoms with Crippen LogP contribution < -0.4 is 10.5 Å². The summed E-state index contributed by atoms with van der Waals surface area (Å²) in [6.45, 7) is 0.281. The first-order valence-corrected chi connectivity index (χ1v) is 3.78. The van der Waals surface area contributed by atoms with Crippen LogP contribution in [0.1, 0.15) is 5.56 Å². The number of hydrogen-bond donors (Lipinski definition) is 1. The molecule has 0 aliphatic rings. The Bertz CT molecular complexity index is 262. The fourth-order valence-corrected chi connectivity index (χ4v) is 1.11. The van der Waals surface area contributed by atoms with Crippen LogP contribution in [-0.2, 0) is 6.54 Å². The number of hydrogen-bond acceptors (Lipinski definition) is 2. The number of methoxy groups -OCH3 is 1. The zero-order valence-electron chi connectivity index (χ0n) is 6.60. The summed E-state index contributed by atoms with van der Waals surface area (Å²) in [6.07, 6.45) is 0. The zero-order chi connectivity index (χ0) is 9.14. The lowest BCUT2D eigenvalue weighted by Gasteiger charge is -2.06. The third-order valence-electron chi connectivity index (χ3n) is 1.54. The van der Waals surface area contributed by atoms with Gasteiger partial charge in [0.25, 0.3) is 0 Å². The van der Waals surface area contributed by atoms with Crippen molar-refractivity contribution in [2.45, 2.75) is 6.54 Å². The molecule has 0 saturated carbocycles. The summed E-state index contributed by atoms with van der Waals surface area (Å²) in [5, 5.41) is 0.0660. The molecule has 0 atom stereocenters. The normalized spacial score (nSPS) is 10.0. The topological polar surface area (TPSA) is 35.2 Å². The van der Waals surface area contributed by atoms with Gasteiger partial charge < -0.3 is 10.5 Å². The molecule has 0 radical (unpaired) electrons. The van der Waals surface area contributed by atoms with E-state index in [0.717, 1.165) is 0 Å². The van der Waals surface area contributed by atoms with Gasteiger partial charge in [0.15, 0.2) is 0 Å². The van der Waals surface area contributed by atoms with E-state index < -0.39 is 5.82 Å². The molecule has 1 rings (SSSR count). The number of halogens is 2. The molecule has 0 unspecified atom stereocenters. The highest BCUT2D eigenvalue weighted by atomic mass is 35.5. The van der Waals surface area contributed by atoms with Gasteiger partial charge in [0.05, 0.1) is 12.1 Å². The van der Waals surface area contributed by atoms with Gasteiger partial charge in [-0.3, -0.25) is 0 Å². The lowest BCUT2D eigenvalue weighted by molar-refractivity contribution is 0.406. The summed E-state index contributed by atoms with van der Waals surface area (Å²) >= 11 is 5.54. The number of benzene rings is 1. The minimum atomic E-state index is -0.495. The fraction of sp³-hybridized carbons (Fsp3) is 0.250. The first-order chi connectivity index (χ1) is 5.69. The second-order valence-electron chi connectivity index (χ2n) is 2.28. The van der Waals surface area contributed by atoms with E-state index in [0.29, 0.717) is 11.3 Å². The van der Waals surface area contributed by atoms with Crippen LogP contribution in [0.2, 0.25) is 5.02 Å². The molecule has 0 fully saturated rings. The average molecular weight is 190 g/mol. The van der Waals surface area contributed by atoms with Crippen LogP contribution >= 0.6 is 11.6 Å². The van der Waals surface area contributed by atoms with Gasteiger partial charge in [-0.05, 0) is 6.07 Å². The highest BCUT2D eigenvalue weighted by molar-refractivity contribution is 6.30. The highest BCUT2D eigenvalue weighted by Gasteiger charge is 2.06. The van der Waals surface area contributed by atoms with E-state index in [1.807, 2.05) is 0 Å². The maximum Gasteiger partial charge on any atom is 0.145 e. The van der Waals surface area contributed by atoms with Crippen LogP contribution in [0.25, 0.3) is 0 Å². The molecule has 2 N–H and O–H groups in total. The summed E-state index contributed by atoms with van der Waals surface area (Å²) in [6, 6.07) is 2.69. The maximum absolute atomic E-state index is 12.8. The predicted octanol–water partition coefficient (Wildman–Crippen LogP) is 1.95. The minimum absolute atomic E-state index is 0.0660. The second-order valence-corrected chi connectivity index (χ2v) is 2.69. The molecular formula is C8H9ClFNO. The van der Waals surface area contributed by atoms with Crippen molar-refractivity contribution in [2.24, 2.45) is 5.73 Å². The van der Waals surface area contributed by atoms with Crippen molar-refractivity contribution in [1.29, 1.82) is 0 Å². The van der Waals surface area contributed by atoms with Gasteiger partial charge in [-0.1, -0.05) is 11.6 Å². The molecule has 66 valence electrons. The van der Waals surface area contributed by atoms with Gasteiger partial charge in [-0.15, -0.1) is 0 Å². The molecule has 2 nitrogen and oxygen atoms in total. The molecule has 0 bridgehead atoms. The monoisotopic (exact) mass is 189 g/mol. The van der Waals surface area contributed by atoms with Crippen LogP contribution in [0, 0.1) is 5.82 Å². The van der Waals surface area contributed by atoms with Crippen molar-refractivity contribution in [3.63, 3.8) is 0 Å². The van der Waals surface area contributed by atoms with Gasteiger partial charge in [-0.25, -0.2) is 4.39 Å². The molecular weight excluding hydrogens is 181 g/mol. The standard InChI is InChI=1S/C8H9ClFNO/c1-12-8-3-7(10)6(9)2-5(8)4-11/h2-3H,4,11H2,1H3. The van der Waals surface area contributed by atoms with Crippen LogP contribution in [0.15, 0.2) is 12.1 Å². The Kier molecular flexibility index (Phi) is 2.89. The van der Waals surface area contributed by atoms with Gasteiger partial charge in [0, 0.05) is 18.2 Å². The Morgan fingerprint density at radius 2 is 2.25 bits per heavy atom. The SMILES string of the molecule is COc1cc(F)c(Cl)cc1CN. The summed E-state index contributed by atoms with van der Waals surface area (Å²) in [5.74, 6) is -0.0647. The van der Waals surface area contributed by atoms with Crippen molar-refractivity contribution in [2.75, 3.05) is 7.11 Å². The van der Waals surface area contributed by atoms with Gasteiger partial charge in [-0.2, -0.15) is 0 Å². The molecule has 0 aromatic heterocycles. The number of ether oxygens (including phenoxy) is 1. The third kappa shape index (κ3) is 1.68. The van der Waals surface area contributed by atoms with Crippen LogP contribution in [0.4, 0.5) is 4.39 Å². The lowest BCUT2D eigenvalue weighted by Crippen LogP contribution is -2.00. The smallest absolute Gasteiger partial charge is 0.145 e. The average Bonchev–Trinajstić information content (AvgIpc) is 2.09. The third-order valence-corrected chi connectivity index (χ3v) is 1.83. The van der Waals surface area contributed by atoms with E-state index in [4.69, 9.17) is 22.1 Å². The van der Waals surface area contributed by atoms with E-state index in [9.17, 15) is 4.39 Å². The van der Waals surface area contributed by atoms with E-state index in [2.05, 4.69) is 0 Å². The Labute approximate surface area is 75.1 Å². The minimum Gasteiger partial charge on any atom is -0.496 e. The Morgan fingerprint density at radius 3 is 2.75 bits per heavy atom. The largest absolute Gasteiger partial charge is 0.496 e. The Morgan fingerprint density at radius 1 is 1.58 bits per heavy atom. The summed E-state index contributed by atoms with van der Waals surface area (Å²) in [7, 11) is 1.46. The summed E-state index contributed by atoms with van der Waals surface area (Å²) in [5.41, 5.74) is 6.08. The summed E-state index contributed by atoms with van der Waals surface area (Å²) in [4.78, 5) is 0. The molecule has 1 aromatic carbocycles. The van der Waals surface area contributed by atoms with Crippen LogP contribution in [0.3, 0.4) is 0 Å². The maximum atomic E-state index is 12.8. The highest BCUT2D eigenvalue weighted by Crippen LogP contribution is 2.25. The molecule has 12 heavy (non-hydrogen) atoms. The zero-order valence-corrected chi connectivity index (χ0v) is 7.36. The Balaban J connectivity index is 3.19. The van der Waals surface area contributed by atoms with Crippen molar-refractivity contribution in [3.05, 3.63) is 28.5 Å². The summed E-state index contributed by atoms with van der Waals surface area (Å²) < 4.78 is 17.7. The lowest BCUT2D eigenvalue weighted by atomic mass is 10.2. The predicted molar refractivity (Wildman–Crippen MR) is 45.9 cm³/mol. The molecule has 0 aliphatic carbocycles. The van der Waals surface area contributed by atoms with E-state index in [1.165, 1.54) is 19.2 Å². The molecule has 0 spiro atoms. The number of rotatable bonds is 2. The number of nitrogens with two attached hydrogens (primary N) is 1. The van der Waals surface area contributed by atoms with Gasteiger partial charge in [0.1, 0.15) is 11.6 Å². The molecule has 0 amide bonds. The molecule has 0 heterocycles. The van der Waals surface area contributed by atoms with E-state index in [-0.39, 0.29) is 11.6 Å². The second kappa shape index (κ2) is 3.74. The van der Waals surface area contributed by atoms with E-state index >= 15 is 0 Å². The van der Waals surface area contributed by atoms with Crippen molar-refractivity contribution < 1.29 is 9.13 Å².